The molecule has 0 saturated heterocycles. The van der Waals surface area contributed by atoms with Crippen LogP contribution in [0.3, 0.4) is 0 Å². The molecule has 0 N–H and O–H groups in total. The predicted molar refractivity (Wildman–Crippen MR) is 224 cm³/mol. The van der Waals surface area contributed by atoms with Crippen LogP contribution in [0.1, 0.15) is 37.2 Å². The van der Waals surface area contributed by atoms with E-state index in [4.69, 9.17) is 9.15 Å². The zero-order chi connectivity index (χ0) is 36.0. The first-order valence-corrected chi connectivity index (χ1v) is 18.9. The fourth-order valence-electron chi connectivity index (χ4n) is 8.38. The lowest BCUT2D eigenvalue weighted by atomic mass is 9.90. The van der Waals surface area contributed by atoms with E-state index in [1.54, 1.807) is 0 Å². The summed E-state index contributed by atoms with van der Waals surface area (Å²) in [5, 5.41) is 4.75. The molecular weight excluding hydrogens is 659 g/mol. The summed E-state index contributed by atoms with van der Waals surface area (Å²) in [6.45, 7) is 4.12. The van der Waals surface area contributed by atoms with Gasteiger partial charge in [-0.15, -0.1) is 0 Å². The van der Waals surface area contributed by atoms with E-state index in [0.717, 1.165) is 70.7 Å². The van der Waals surface area contributed by atoms with Crippen LogP contribution in [0.2, 0.25) is 0 Å². The number of para-hydroxylation sites is 2. The van der Waals surface area contributed by atoms with Crippen molar-refractivity contribution in [3.8, 4) is 16.9 Å². The molecule has 0 amide bonds. The van der Waals surface area contributed by atoms with Gasteiger partial charge < -0.3 is 14.1 Å². The van der Waals surface area contributed by atoms with Crippen molar-refractivity contribution in [3.05, 3.63) is 216 Å². The SMILES string of the molecule is C=C1C=C/C=C(/C2=CC=C(N(C3=CCC4C(=C3)Oc3ccccc34)c3ccc(-c4ccc5c(ccc6oc7ccccc7c65)c4)cc3)CC2)C/C=C\C=C/1. The number of ether oxygens (including phenoxy) is 1. The molecule has 0 radical (unpaired) electrons. The molecule has 3 heteroatoms. The number of hydrogen-bond acceptors (Lipinski definition) is 3. The highest BCUT2D eigenvalue weighted by Crippen LogP contribution is 2.47. The lowest BCUT2D eigenvalue weighted by molar-refractivity contribution is 0.423. The lowest BCUT2D eigenvalue weighted by Crippen LogP contribution is -2.24. The summed E-state index contributed by atoms with van der Waals surface area (Å²) in [5.41, 5.74) is 12.8. The second kappa shape index (κ2) is 13.4. The van der Waals surface area contributed by atoms with Crippen molar-refractivity contribution in [2.24, 2.45) is 0 Å². The third-order valence-electron chi connectivity index (χ3n) is 11.1. The summed E-state index contributed by atoms with van der Waals surface area (Å²) in [7, 11) is 0. The third kappa shape index (κ3) is 5.79. The van der Waals surface area contributed by atoms with Crippen molar-refractivity contribution >= 4 is 38.4 Å². The molecule has 1 unspecified atom stereocenters. The van der Waals surface area contributed by atoms with Gasteiger partial charge >= 0.3 is 0 Å². The Kier molecular flexibility index (Phi) is 7.99. The van der Waals surface area contributed by atoms with Crippen molar-refractivity contribution in [1.29, 1.82) is 0 Å². The molecule has 10 rings (SSSR count). The summed E-state index contributed by atoms with van der Waals surface area (Å²) in [6, 6.07) is 36.8. The zero-order valence-corrected chi connectivity index (χ0v) is 30.0. The van der Waals surface area contributed by atoms with Crippen molar-refractivity contribution in [3.63, 3.8) is 0 Å². The number of furan rings is 1. The quantitative estimate of drug-likeness (QED) is 0.179. The van der Waals surface area contributed by atoms with Crippen LogP contribution in [0, 0.1) is 0 Å². The number of hydrogen-bond donors (Lipinski definition) is 0. The van der Waals surface area contributed by atoms with E-state index in [2.05, 4.69) is 163 Å². The highest BCUT2D eigenvalue weighted by Gasteiger charge is 2.32. The molecule has 54 heavy (non-hydrogen) atoms. The molecule has 3 aliphatic carbocycles. The molecule has 4 aliphatic rings. The second-order valence-corrected chi connectivity index (χ2v) is 14.4. The van der Waals surface area contributed by atoms with E-state index in [0.29, 0.717) is 0 Å². The fraction of sp³-hybridized carbons (Fsp3) is 0.0980. The maximum atomic E-state index is 6.44. The van der Waals surface area contributed by atoms with Crippen molar-refractivity contribution in [1.82, 2.24) is 0 Å². The molecule has 1 atom stereocenters. The normalized spacial score (nSPS) is 20.2. The van der Waals surface area contributed by atoms with Crippen LogP contribution in [0.25, 0.3) is 43.8 Å². The van der Waals surface area contributed by atoms with Crippen molar-refractivity contribution in [2.45, 2.75) is 31.6 Å². The minimum absolute atomic E-state index is 0.266. The molecule has 0 fully saturated rings. The van der Waals surface area contributed by atoms with Crippen LogP contribution < -0.4 is 9.64 Å². The van der Waals surface area contributed by atoms with Crippen LogP contribution in [0.15, 0.2) is 215 Å². The summed E-state index contributed by atoms with van der Waals surface area (Å²) >= 11 is 0. The first kappa shape index (κ1) is 32.1. The first-order chi connectivity index (χ1) is 26.7. The molecular formula is C51H39NO2. The highest BCUT2D eigenvalue weighted by atomic mass is 16.5. The molecule has 260 valence electrons. The van der Waals surface area contributed by atoms with Gasteiger partial charge in [-0.25, -0.2) is 0 Å². The van der Waals surface area contributed by atoms with Gasteiger partial charge in [0.1, 0.15) is 22.7 Å². The number of allylic oxidation sites excluding steroid dienone is 16. The Labute approximate surface area is 315 Å². The second-order valence-electron chi connectivity index (χ2n) is 14.4. The third-order valence-corrected chi connectivity index (χ3v) is 11.1. The maximum absolute atomic E-state index is 6.44. The van der Waals surface area contributed by atoms with Crippen molar-refractivity contribution in [2.75, 3.05) is 4.90 Å². The smallest absolute Gasteiger partial charge is 0.136 e. The van der Waals surface area contributed by atoms with Gasteiger partial charge in [0, 0.05) is 45.4 Å². The van der Waals surface area contributed by atoms with Gasteiger partial charge in [-0.1, -0.05) is 128 Å². The van der Waals surface area contributed by atoms with Gasteiger partial charge in [0.05, 0.1) is 0 Å². The van der Waals surface area contributed by atoms with E-state index in [-0.39, 0.29) is 5.92 Å². The Hall–Kier alpha value is -6.58. The van der Waals surface area contributed by atoms with E-state index in [9.17, 15) is 0 Å². The Morgan fingerprint density at radius 2 is 1.54 bits per heavy atom. The highest BCUT2D eigenvalue weighted by molar-refractivity contribution is 6.19. The Morgan fingerprint density at radius 3 is 2.44 bits per heavy atom. The molecule has 0 bridgehead atoms. The van der Waals surface area contributed by atoms with Gasteiger partial charge in [0.2, 0.25) is 0 Å². The van der Waals surface area contributed by atoms with Crippen molar-refractivity contribution < 1.29 is 9.15 Å². The van der Waals surface area contributed by atoms with Gasteiger partial charge in [-0.2, -0.15) is 0 Å². The van der Waals surface area contributed by atoms with E-state index in [1.807, 2.05) is 18.2 Å². The first-order valence-electron chi connectivity index (χ1n) is 18.9. The van der Waals surface area contributed by atoms with E-state index >= 15 is 0 Å². The number of anilines is 1. The Morgan fingerprint density at radius 1 is 0.685 bits per heavy atom. The average Bonchev–Trinajstić information content (AvgIpc) is 3.79. The summed E-state index contributed by atoms with van der Waals surface area (Å²) in [4.78, 5) is 2.43. The monoisotopic (exact) mass is 697 g/mol. The Bertz CT molecular complexity index is 2760. The van der Waals surface area contributed by atoms with Gasteiger partial charge in [0.25, 0.3) is 0 Å². The topological polar surface area (TPSA) is 25.6 Å². The molecule has 1 aliphatic heterocycles. The predicted octanol–water partition coefficient (Wildman–Crippen LogP) is 13.7. The minimum atomic E-state index is 0.266. The van der Waals surface area contributed by atoms with Gasteiger partial charge in [-0.05, 0) is 107 Å². The standard InChI is InChI=1S/C51H39NO2/c1-34-10-3-2-4-12-35(13-9-11-34)36-18-24-40(25-19-36)52(42-28-30-45-44-14-5-7-16-47(44)54-50(45)33-42)41-26-20-37(21-27-41)38-22-29-43-39(32-38)23-31-49-51(43)46-15-6-8-17-48(46)53-49/h2-11,13-18,20-24,26-29,31-33,45H,1,12,19,25,30H2/b4-2-,10-3-,11-9?,35-13+. The van der Waals surface area contributed by atoms with Crippen LogP contribution in [-0.2, 0) is 0 Å². The maximum Gasteiger partial charge on any atom is 0.136 e. The molecule has 0 spiro atoms. The lowest BCUT2D eigenvalue weighted by Gasteiger charge is -2.33. The zero-order valence-electron chi connectivity index (χ0n) is 30.0. The van der Waals surface area contributed by atoms with Crippen LogP contribution in [0.5, 0.6) is 5.75 Å². The van der Waals surface area contributed by atoms with Crippen LogP contribution in [-0.4, -0.2) is 0 Å². The average molecular weight is 698 g/mol. The van der Waals surface area contributed by atoms with Gasteiger partial charge in [0.15, 0.2) is 0 Å². The molecule has 6 aromatic rings. The van der Waals surface area contributed by atoms with E-state index in [1.165, 1.54) is 49.7 Å². The Balaban J connectivity index is 1.000. The summed E-state index contributed by atoms with van der Waals surface area (Å²) in [5.74, 6) is 2.27. The largest absolute Gasteiger partial charge is 0.461 e. The van der Waals surface area contributed by atoms with Gasteiger partial charge in [-0.3, -0.25) is 0 Å². The molecule has 2 heterocycles. The number of nitrogens with zero attached hydrogens (tertiary/aromatic N) is 1. The molecule has 0 saturated carbocycles. The minimum Gasteiger partial charge on any atom is -0.461 e. The van der Waals surface area contributed by atoms with Crippen LogP contribution in [0.4, 0.5) is 5.69 Å². The summed E-state index contributed by atoms with van der Waals surface area (Å²) in [6.07, 6.45) is 27.9. The number of rotatable bonds is 5. The van der Waals surface area contributed by atoms with E-state index < -0.39 is 0 Å². The molecule has 3 nitrogen and oxygen atoms in total. The molecule has 1 aromatic heterocycles. The molecule has 5 aromatic carbocycles. The number of benzene rings is 5. The van der Waals surface area contributed by atoms with Crippen LogP contribution >= 0.6 is 0 Å². The number of fused-ring (bicyclic) bond motifs is 8. The fourth-order valence-corrected chi connectivity index (χ4v) is 8.38. The summed E-state index contributed by atoms with van der Waals surface area (Å²) < 4.78 is 12.6.